The van der Waals surface area contributed by atoms with Crippen LogP contribution in [-0.4, -0.2) is 6.54 Å². The van der Waals surface area contributed by atoms with Crippen LogP contribution in [0.5, 0.6) is 0 Å². The molecule has 21 heavy (non-hydrogen) atoms. The molecule has 0 aliphatic carbocycles. The van der Waals surface area contributed by atoms with Crippen molar-refractivity contribution in [3.63, 3.8) is 0 Å². The molecule has 0 saturated heterocycles. The molecule has 1 nitrogen and oxygen atoms in total. The molecule has 0 aliphatic heterocycles. The third kappa shape index (κ3) is 2.84. The van der Waals surface area contributed by atoms with Gasteiger partial charge in [-0.1, -0.05) is 67.6 Å². The molecule has 0 radical (unpaired) electrons. The van der Waals surface area contributed by atoms with Gasteiger partial charge >= 0.3 is 0 Å². The van der Waals surface area contributed by atoms with Crippen molar-refractivity contribution in [1.29, 1.82) is 0 Å². The molecule has 0 amide bonds. The summed E-state index contributed by atoms with van der Waals surface area (Å²) < 4.78 is 0. The van der Waals surface area contributed by atoms with E-state index in [9.17, 15) is 0 Å². The highest BCUT2D eigenvalue weighted by Crippen LogP contribution is 2.30. The lowest BCUT2D eigenvalue weighted by Crippen LogP contribution is -2.11. The van der Waals surface area contributed by atoms with Crippen LogP contribution in [-0.2, 0) is 6.54 Å². The first-order valence-corrected chi connectivity index (χ1v) is 7.58. The molecule has 106 valence electrons. The zero-order valence-corrected chi connectivity index (χ0v) is 12.7. The van der Waals surface area contributed by atoms with Crippen molar-refractivity contribution in [1.82, 2.24) is 5.32 Å². The molecule has 0 bridgehead atoms. The van der Waals surface area contributed by atoms with Gasteiger partial charge in [-0.2, -0.15) is 0 Å². The van der Waals surface area contributed by atoms with E-state index in [0.29, 0.717) is 0 Å². The molecular formula is C20H21N. The topological polar surface area (TPSA) is 12.0 Å². The minimum Gasteiger partial charge on any atom is -0.313 e. The Kier molecular flexibility index (Phi) is 4.03. The average Bonchev–Trinajstić information content (AvgIpc) is 2.54. The molecule has 3 aromatic carbocycles. The van der Waals surface area contributed by atoms with Gasteiger partial charge in [0.15, 0.2) is 0 Å². The zero-order chi connectivity index (χ0) is 14.7. The first-order valence-electron chi connectivity index (χ1n) is 7.58. The van der Waals surface area contributed by atoms with Crippen molar-refractivity contribution in [2.45, 2.75) is 20.4 Å². The van der Waals surface area contributed by atoms with E-state index in [1.165, 1.54) is 33.0 Å². The van der Waals surface area contributed by atoms with Crippen LogP contribution in [0, 0.1) is 6.92 Å². The molecule has 0 atom stereocenters. The quantitative estimate of drug-likeness (QED) is 0.712. The van der Waals surface area contributed by atoms with E-state index in [1.54, 1.807) is 0 Å². The van der Waals surface area contributed by atoms with E-state index in [-0.39, 0.29) is 0 Å². The van der Waals surface area contributed by atoms with Gasteiger partial charge in [0.25, 0.3) is 0 Å². The first kappa shape index (κ1) is 13.8. The number of aryl methyl sites for hydroxylation is 1. The van der Waals surface area contributed by atoms with Crippen LogP contribution in [0.2, 0.25) is 0 Å². The van der Waals surface area contributed by atoms with Crippen molar-refractivity contribution < 1.29 is 0 Å². The normalized spacial score (nSPS) is 11.0. The first-order chi connectivity index (χ1) is 10.3. The monoisotopic (exact) mass is 275 g/mol. The summed E-state index contributed by atoms with van der Waals surface area (Å²) in [5.74, 6) is 0. The second-order valence-electron chi connectivity index (χ2n) is 5.45. The lowest BCUT2D eigenvalue weighted by Gasteiger charge is -2.10. The van der Waals surface area contributed by atoms with Gasteiger partial charge in [-0.25, -0.2) is 0 Å². The Hall–Kier alpha value is -2.12. The van der Waals surface area contributed by atoms with Crippen molar-refractivity contribution >= 4 is 10.8 Å². The second kappa shape index (κ2) is 6.11. The van der Waals surface area contributed by atoms with Crippen molar-refractivity contribution in [3.8, 4) is 11.1 Å². The lowest BCUT2D eigenvalue weighted by molar-refractivity contribution is 0.727. The third-order valence-electron chi connectivity index (χ3n) is 3.99. The summed E-state index contributed by atoms with van der Waals surface area (Å²) in [6.07, 6.45) is 0. The predicted molar refractivity (Wildman–Crippen MR) is 91.5 cm³/mol. The maximum atomic E-state index is 3.36. The molecule has 0 saturated carbocycles. The predicted octanol–water partition coefficient (Wildman–Crippen LogP) is 4.92. The summed E-state index contributed by atoms with van der Waals surface area (Å²) in [7, 11) is 0. The smallest absolute Gasteiger partial charge is 0.0205 e. The molecule has 0 unspecified atom stereocenters. The van der Waals surface area contributed by atoms with E-state index in [1.807, 2.05) is 0 Å². The molecule has 1 N–H and O–H groups in total. The van der Waals surface area contributed by atoms with Gasteiger partial charge in [-0.05, 0) is 46.5 Å². The maximum absolute atomic E-state index is 3.36. The Morgan fingerprint density at radius 1 is 0.810 bits per heavy atom. The average molecular weight is 275 g/mol. The van der Waals surface area contributed by atoms with Gasteiger partial charge in [0.2, 0.25) is 0 Å². The molecule has 0 heterocycles. The number of hydrogen-bond donors (Lipinski definition) is 1. The van der Waals surface area contributed by atoms with Crippen LogP contribution in [0.4, 0.5) is 0 Å². The Bertz CT molecular complexity index is 741. The number of nitrogens with one attached hydrogen (secondary N) is 1. The summed E-state index contributed by atoms with van der Waals surface area (Å²) in [4.78, 5) is 0. The Balaban J connectivity index is 2.02. The van der Waals surface area contributed by atoms with Gasteiger partial charge in [0.1, 0.15) is 0 Å². The summed E-state index contributed by atoms with van der Waals surface area (Å²) in [6, 6.07) is 22.0. The fourth-order valence-corrected chi connectivity index (χ4v) is 2.77. The van der Waals surface area contributed by atoms with Gasteiger partial charge in [0, 0.05) is 6.54 Å². The van der Waals surface area contributed by atoms with Gasteiger partial charge < -0.3 is 5.32 Å². The van der Waals surface area contributed by atoms with E-state index in [4.69, 9.17) is 0 Å². The van der Waals surface area contributed by atoms with Gasteiger partial charge in [-0.15, -0.1) is 0 Å². The summed E-state index contributed by atoms with van der Waals surface area (Å²) in [6.45, 7) is 6.24. The second-order valence-corrected chi connectivity index (χ2v) is 5.45. The van der Waals surface area contributed by atoms with Crippen LogP contribution in [0.3, 0.4) is 0 Å². The van der Waals surface area contributed by atoms with E-state index >= 15 is 0 Å². The molecule has 1 heteroatoms. The van der Waals surface area contributed by atoms with Crippen molar-refractivity contribution in [2.75, 3.05) is 6.54 Å². The standard InChI is InChI=1S/C20H21N/c1-3-21-14-16-9-11-17(12-10-16)19-13-8-15(2)18-6-4-5-7-20(18)19/h4-13,21H,3,14H2,1-2H3. The Morgan fingerprint density at radius 3 is 2.24 bits per heavy atom. The van der Waals surface area contributed by atoms with Gasteiger partial charge in [-0.3, -0.25) is 0 Å². The summed E-state index contributed by atoms with van der Waals surface area (Å²) in [5.41, 5.74) is 5.26. The zero-order valence-electron chi connectivity index (χ0n) is 12.7. The molecule has 0 fully saturated rings. The largest absolute Gasteiger partial charge is 0.313 e. The third-order valence-corrected chi connectivity index (χ3v) is 3.99. The molecule has 3 aromatic rings. The van der Waals surface area contributed by atoms with Crippen LogP contribution < -0.4 is 5.32 Å². The number of benzene rings is 3. The minimum absolute atomic E-state index is 0.936. The molecule has 0 aromatic heterocycles. The van der Waals surface area contributed by atoms with Crippen LogP contribution >= 0.6 is 0 Å². The minimum atomic E-state index is 0.936. The van der Waals surface area contributed by atoms with Crippen LogP contribution in [0.1, 0.15) is 18.1 Å². The Labute approximate surface area is 126 Å². The van der Waals surface area contributed by atoms with Crippen molar-refractivity contribution in [2.24, 2.45) is 0 Å². The van der Waals surface area contributed by atoms with E-state index < -0.39 is 0 Å². The van der Waals surface area contributed by atoms with Crippen molar-refractivity contribution in [3.05, 3.63) is 71.8 Å². The highest BCUT2D eigenvalue weighted by Gasteiger charge is 2.05. The summed E-state index contributed by atoms with van der Waals surface area (Å²) in [5, 5.41) is 6.03. The summed E-state index contributed by atoms with van der Waals surface area (Å²) >= 11 is 0. The number of fused-ring (bicyclic) bond motifs is 1. The molecule has 0 aliphatic rings. The maximum Gasteiger partial charge on any atom is 0.0205 e. The number of hydrogen-bond acceptors (Lipinski definition) is 1. The lowest BCUT2D eigenvalue weighted by atomic mass is 9.95. The Morgan fingerprint density at radius 2 is 1.52 bits per heavy atom. The van der Waals surface area contributed by atoms with E-state index in [2.05, 4.69) is 79.8 Å². The SMILES string of the molecule is CCNCc1ccc(-c2ccc(C)c3ccccc23)cc1. The highest BCUT2D eigenvalue weighted by atomic mass is 14.8. The van der Waals surface area contributed by atoms with Crippen LogP contribution in [0.25, 0.3) is 21.9 Å². The van der Waals surface area contributed by atoms with Gasteiger partial charge in [0.05, 0.1) is 0 Å². The fourth-order valence-electron chi connectivity index (χ4n) is 2.77. The molecule has 3 rings (SSSR count). The fraction of sp³-hybridized carbons (Fsp3) is 0.200. The number of rotatable bonds is 4. The molecule has 0 spiro atoms. The van der Waals surface area contributed by atoms with Crippen LogP contribution in [0.15, 0.2) is 60.7 Å². The van der Waals surface area contributed by atoms with E-state index in [0.717, 1.165) is 13.1 Å². The highest BCUT2D eigenvalue weighted by molar-refractivity contribution is 5.98. The molecular weight excluding hydrogens is 254 g/mol.